The highest BCUT2D eigenvalue weighted by molar-refractivity contribution is 6.15. The molecule has 33 rings (SSSR count). The zero-order valence-corrected chi connectivity index (χ0v) is 81.4. The molecular weight excluding hydrogens is 1830 g/mol. The van der Waals surface area contributed by atoms with E-state index in [0.717, 1.165) is 101 Å². The molecule has 0 spiro atoms. The molecule has 10 nitrogen and oxygen atoms in total. The van der Waals surface area contributed by atoms with Gasteiger partial charge in [-0.1, -0.05) is 370 Å². The molecule has 0 bridgehead atoms. The van der Waals surface area contributed by atoms with Crippen LogP contribution in [0.1, 0.15) is 0 Å². The van der Waals surface area contributed by atoms with E-state index in [0.29, 0.717) is 0 Å². The molecule has 10 heteroatoms. The Bertz CT molecular complexity index is 10500. The molecule has 0 fully saturated rings. The van der Waals surface area contributed by atoms with Crippen LogP contribution < -0.4 is 19.6 Å². The van der Waals surface area contributed by atoms with Gasteiger partial charge in [-0.3, -0.25) is 37.9 Å². The average Bonchev–Trinajstić information content (AvgIpc) is 1.64. The predicted molar refractivity (Wildman–Crippen MR) is 626 cm³/mol. The number of hydrogen-bond acceptors (Lipinski definition) is 6. The number of fused-ring (bicyclic) bond motifs is 38. The average molecular weight is 1920 g/mol. The monoisotopic (exact) mass is 1910 g/mol. The molecule has 23 aromatic carbocycles. The first kappa shape index (κ1) is 85.4. The van der Waals surface area contributed by atoms with Gasteiger partial charge in [-0.2, -0.15) is 0 Å². The van der Waals surface area contributed by atoms with Crippen molar-refractivity contribution in [2.75, 3.05) is 19.6 Å². The first-order chi connectivity index (χ1) is 74.4. The van der Waals surface area contributed by atoms with E-state index in [4.69, 9.17) is 8.83 Å². The Balaban J connectivity index is 0.0000000919. The highest BCUT2D eigenvalue weighted by atomic mass is 16.3. The minimum absolute atomic E-state index is 0.900. The summed E-state index contributed by atoms with van der Waals surface area (Å²) in [6.45, 7) is 0. The van der Waals surface area contributed by atoms with Gasteiger partial charge in [-0.25, -0.2) is 0 Å². The van der Waals surface area contributed by atoms with Gasteiger partial charge in [0.25, 0.3) is 0 Å². The standard InChI is InChI=1S/C36H22N2O.2C36H24N2.C32H20N2O/c1-2-10-24-20-33-29(19-23(24)9-1)27-12-4-7-15-32(27)38-31-14-6-3-11-25(31)21-36(38)37(33)26-17-18-35-30(22-26)28-13-5-8-16-34(28)39-35;1-2-11-25(12-3-1)27-14-10-15-29(23-27)37-33-19-8-6-17-31(33)32-18-7-9-20-34(32)38-35(37)24-28-22-21-26-13-4-5-16-30(26)36(28)38;1-2-11-25(12-3-1)26-16-10-17-30(21-26)37-34-20-9-7-18-31(34)32-22-27-13-4-5-14-28(27)23-35(32)38-33-19-8-6-15-29(33)24-36(37)38;1-5-13-27-21(9-1)19-32-33(22-17-18-31-26(20-22)25-12-4-8-16-30(25)35-31)28-14-6-2-10-23(28)24-11-3-7-15-29(24)34(27)32/h1-22H;2*1-24H;1-20H. The Labute approximate surface area is 864 Å². The minimum Gasteiger partial charge on any atom is -0.456 e. The highest BCUT2D eigenvalue weighted by Gasteiger charge is 2.36. The van der Waals surface area contributed by atoms with E-state index >= 15 is 0 Å². The van der Waals surface area contributed by atoms with Crippen molar-refractivity contribution in [1.82, 2.24) is 18.3 Å². The molecule has 150 heavy (non-hydrogen) atoms. The number of para-hydroxylation sites is 11. The zero-order valence-electron chi connectivity index (χ0n) is 81.4. The lowest BCUT2D eigenvalue weighted by Gasteiger charge is -2.26. The van der Waals surface area contributed by atoms with E-state index in [-0.39, 0.29) is 0 Å². The molecule has 0 unspecified atom stereocenters. The number of hydrogen-bond donors (Lipinski definition) is 0. The Hall–Kier alpha value is -20.2. The van der Waals surface area contributed by atoms with Gasteiger partial charge in [0.2, 0.25) is 0 Å². The fourth-order valence-electron chi connectivity index (χ4n) is 23.9. The van der Waals surface area contributed by atoms with Crippen LogP contribution in [0.15, 0.2) is 555 Å². The summed E-state index contributed by atoms with van der Waals surface area (Å²) < 4.78 is 22.0. The summed E-state index contributed by atoms with van der Waals surface area (Å²) in [5.74, 6) is 4.51. The number of anilines is 12. The van der Waals surface area contributed by atoms with Crippen LogP contribution in [0.25, 0.3) is 209 Å². The third kappa shape index (κ3) is 13.9. The van der Waals surface area contributed by atoms with Crippen molar-refractivity contribution in [1.29, 1.82) is 0 Å². The van der Waals surface area contributed by atoms with E-state index < -0.39 is 0 Å². The summed E-state index contributed by atoms with van der Waals surface area (Å²) in [5, 5.41) is 16.9. The molecular formula is C140H90N8O2. The van der Waals surface area contributed by atoms with Crippen LogP contribution in [-0.2, 0) is 0 Å². The van der Waals surface area contributed by atoms with E-state index in [1.54, 1.807) is 0 Å². The normalized spacial score (nSPS) is 12.3. The molecule has 4 aliphatic heterocycles. The summed E-state index contributed by atoms with van der Waals surface area (Å²) in [6, 6.07) is 196. The van der Waals surface area contributed by atoms with Gasteiger partial charge >= 0.3 is 0 Å². The lowest BCUT2D eigenvalue weighted by Crippen LogP contribution is -2.13. The predicted octanol–water partition coefficient (Wildman–Crippen LogP) is 38.9. The maximum atomic E-state index is 6.19. The van der Waals surface area contributed by atoms with Gasteiger partial charge < -0.3 is 8.83 Å². The summed E-state index contributed by atoms with van der Waals surface area (Å²) in [6.07, 6.45) is 0. The Morgan fingerprint density at radius 2 is 0.420 bits per heavy atom. The van der Waals surface area contributed by atoms with Gasteiger partial charge in [0.15, 0.2) is 0 Å². The van der Waals surface area contributed by atoms with E-state index in [2.05, 4.69) is 560 Å². The largest absolute Gasteiger partial charge is 0.456 e. The SMILES string of the molecule is c1ccc(-c2cccc(N3c4ccccc4-c4cc5ccccc5cc4-n4c3cc3ccccc34)c2)cc1.c1ccc(-c2cccc(N3c4ccccc4-c4ccccc4-n4c3cc3ccc5ccccc5c34)c2)cc1.c1ccc2c(c1)-c1cc3ccccc3cc1N(c1ccc3oc4ccccc4c3c1)c1cc3ccccc3n1-2.c1ccc2c(c1)-c1ccccc1-n1c(cc3ccccc31)N2c1ccc2oc3ccccc3c2c1. The van der Waals surface area contributed by atoms with Gasteiger partial charge in [-0.15, -0.1) is 0 Å². The van der Waals surface area contributed by atoms with Gasteiger partial charge in [0, 0.05) is 116 Å². The maximum absolute atomic E-state index is 6.19. The van der Waals surface area contributed by atoms with Crippen molar-refractivity contribution in [2.24, 2.45) is 0 Å². The van der Waals surface area contributed by atoms with Crippen LogP contribution in [0.3, 0.4) is 0 Å². The minimum atomic E-state index is 0.900. The van der Waals surface area contributed by atoms with Crippen molar-refractivity contribution >= 4 is 189 Å². The van der Waals surface area contributed by atoms with Crippen molar-refractivity contribution in [3.05, 3.63) is 546 Å². The van der Waals surface area contributed by atoms with E-state index in [9.17, 15) is 0 Å². The summed E-state index contributed by atoms with van der Waals surface area (Å²) in [5.41, 5.74) is 37.0. The first-order valence-electron chi connectivity index (χ1n) is 51.2. The molecule has 0 radical (unpaired) electrons. The van der Waals surface area contributed by atoms with Crippen LogP contribution in [0, 0.1) is 0 Å². The third-order valence-corrected chi connectivity index (χ3v) is 30.6. The van der Waals surface area contributed by atoms with Crippen molar-refractivity contribution in [2.45, 2.75) is 0 Å². The highest BCUT2D eigenvalue weighted by Crippen LogP contribution is 2.57. The zero-order chi connectivity index (χ0) is 98.5. The molecule has 6 aromatic heterocycles. The topological polar surface area (TPSA) is 59.0 Å². The van der Waals surface area contributed by atoms with Crippen LogP contribution in [0.4, 0.5) is 68.8 Å². The summed E-state index contributed by atoms with van der Waals surface area (Å²) in [7, 11) is 0. The molecule has 10 heterocycles. The molecule has 29 aromatic rings. The second-order valence-electron chi connectivity index (χ2n) is 39.0. The van der Waals surface area contributed by atoms with Gasteiger partial charge in [0.1, 0.15) is 45.6 Å². The Morgan fingerprint density at radius 1 is 0.133 bits per heavy atom. The first-order valence-corrected chi connectivity index (χ1v) is 51.2. The fourth-order valence-corrected chi connectivity index (χ4v) is 23.9. The summed E-state index contributed by atoms with van der Waals surface area (Å²) in [4.78, 5) is 9.66. The molecule has 0 amide bonds. The van der Waals surface area contributed by atoms with E-state index in [1.165, 1.54) is 177 Å². The molecule has 702 valence electrons. The number of aromatic nitrogens is 4. The number of benzene rings is 23. The molecule has 0 atom stereocenters. The molecule has 0 N–H and O–H groups in total. The fraction of sp³-hybridized carbons (Fsp3) is 0. The molecule has 0 saturated carbocycles. The summed E-state index contributed by atoms with van der Waals surface area (Å²) >= 11 is 0. The van der Waals surface area contributed by atoms with E-state index in [1.807, 2.05) is 24.3 Å². The third-order valence-electron chi connectivity index (χ3n) is 30.6. The Morgan fingerprint density at radius 3 is 0.873 bits per heavy atom. The molecule has 0 aliphatic carbocycles. The second kappa shape index (κ2) is 34.8. The van der Waals surface area contributed by atoms with Crippen molar-refractivity contribution in [3.8, 4) is 89.5 Å². The van der Waals surface area contributed by atoms with Gasteiger partial charge in [0.05, 0.1) is 67.6 Å². The van der Waals surface area contributed by atoms with Crippen LogP contribution in [0.2, 0.25) is 0 Å². The molecule has 4 aliphatic rings. The Kier molecular flexibility index (Phi) is 19.8. The number of nitrogens with zero attached hydrogens (tertiary/aromatic N) is 8. The number of rotatable bonds is 6. The molecule has 0 saturated heterocycles. The lowest BCUT2D eigenvalue weighted by atomic mass is 9.97. The van der Waals surface area contributed by atoms with Crippen LogP contribution in [-0.4, -0.2) is 18.3 Å². The quantitative estimate of drug-likeness (QED) is 0.165. The second-order valence-corrected chi connectivity index (χ2v) is 39.0. The smallest absolute Gasteiger partial charge is 0.135 e. The number of furan rings is 2. The van der Waals surface area contributed by atoms with Crippen molar-refractivity contribution < 1.29 is 8.83 Å². The maximum Gasteiger partial charge on any atom is 0.135 e. The van der Waals surface area contributed by atoms with Crippen molar-refractivity contribution in [3.63, 3.8) is 0 Å². The lowest BCUT2D eigenvalue weighted by molar-refractivity contribution is 0.668. The van der Waals surface area contributed by atoms with Crippen LogP contribution >= 0.6 is 0 Å². The van der Waals surface area contributed by atoms with Crippen LogP contribution in [0.5, 0.6) is 0 Å². The van der Waals surface area contributed by atoms with Gasteiger partial charge in [-0.05, 0) is 225 Å².